The lowest BCUT2D eigenvalue weighted by atomic mass is 9.93. The van der Waals surface area contributed by atoms with Crippen LogP contribution in [0.2, 0.25) is 0 Å². The van der Waals surface area contributed by atoms with Crippen LogP contribution in [0.15, 0.2) is 96.8 Å². The van der Waals surface area contributed by atoms with Crippen molar-refractivity contribution < 1.29 is 14.3 Å². The number of benzene rings is 3. The van der Waals surface area contributed by atoms with Crippen LogP contribution in [-0.2, 0) is 9.53 Å². The molecular weight excluding hydrogens is 416 g/mol. The van der Waals surface area contributed by atoms with E-state index in [1.165, 1.54) is 6.33 Å². The molecule has 0 radical (unpaired) electrons. The van der Waals surface area contributed by atoms with E-state index in [2.05, 4.69) is 15.4 Å². The summed E-state index contributed by atoms with van der Waals surface area (Å²) < 4.78 is 13.2. The monoisotopic (exact) mass is 438 g/mol. The number of carbonyl (C=O) groups is 1. The summed E-state index contributed by atoms with van der Waals surface area (Å²) in [6.45, 7) is 2.06. The first-order chi connectivity index (χ1) is 16.2. The number of fused-ring (bicyclic) bond motifs is 1. The zero-order chi connectivity index (χ0) is 22.6. The standard InChI is InChI=1S/C26H22N4O3/c1-2-32-25(31)22-23(18-10-5-3-6-11-18)29-26-27-17-28-30(26)24(22)19-12-9-15-21(16-19)33-20-13-7-4-8-14-20/h3-17,24H,2H2,1H3,(H,27,28,29). The lowest BCUT2D eigenvalue weighted by Gasteiger charge is -2.29. The summed E-state index contributed by atoms with van der Waals surface area (Å²) in [5.41, 5.74) is 2.79. The Morgan fingerprint density at radius 3 is 2.45 bits per heavy atom. The predicted octanol–water partition coefficient (Wildman–Crippen LogP) is 5.06. The van der Waals surface area contributed by atoms with Crippen LogP contribution < -0.4 is 10.1 Å². The summed E-state index contributed by atoms with van der Waals surface area (Å²) in [5.74, 6) is 1.52. The van der Waals surface area contributed by atoms with Gasteiger partial charge in [0, 0.05) is 0 Å². The molecule has 5 rings (SSSR count). The molecule has 2 heterocycles. The Morgan fingerprint density at radius 1 is 0.970 bits per heavy atom. The fourth-order valence-corrected chi connectivity index (χ4v) is 3.90. The molecule has 0 aliphatic carbocycles. The molecule has 0 fully saturated rings. The van der Waals surface area contributed by atoms with Crippen molar-refractivity contribution in [3.8, 4) is 11.5 Å². The van der Waals surface area contributed by atoms with Gasteiger partial charge in [0.25, 0.3) is 0 Å². The fourth-order valence-electron chi connectivity index (χ4n) is 3.90. The molecule has 164 valence electrons. The summed E-state index contributed by atoms with van der Waals surface area (Å²) in [5, 5.41) is 7.68. The number of nitrogens with zero attached hydrogens (tertiary/aromatic N) is 3. The van der Waals surface area contributed by atoms with Crippen LogP contribution in [0.3, 0.4) is 0 Å². The fraction of sp³-hybridized carbons (Fsp3) is 0.115. The number of carbonyl (C=O) groups excluding carboxylic acids is 1. The lowest BCUT2D eigenvalue weighted by Crippen LogP contribution is -2.30. The summed E-state index contributed by atoms with van der Waals surface area (Å²) in [6.07, 6.45) is 1.47. The quantitative estimate of drug-likeness (QED) is 0.424. The molecule has 1 aromatic heterocycles. The topological polar surface area (TPSA) is 78.3 Å². The second-order valence-electron chi connectivity index (χ2n) is 7.42. The Labute approximate surface area is 191 Å². The molecule has 0 saturated heterocycles. The molecule has 1 aliphatic rings. The summed E-state index contributed by atoms with van der Waals surface area (Å²) in [4.78, 5) is 17.6. The van der Waals surface area contributed by atoms with E-state index in [1.54, 1.807) is 11.6 Å². The first-order valence-corrected chi connectivity index (χ1v) is 10.7. The highest BCUT2D eigenvalue weighted by Crippen LogP contribution is 2.39. The van der Waals surface area contributed by atoms with Gasteiger partial charge in [0.1, 0.15) is 23.9 Å². The van der Waals surface area contributed by atoms with Crippen molar-refractivity contribution in [2.24, 2.45) is 0 Å². The van der Waals surface area contributed by atoms with E-state index >= 15 is 0 Å². The summed E-state index contributed by atoms with van der Waals surface area (Å²) in [7, 11) is 0. The van der Waals surface area contributed by atoms with E-state index in [-0.39, 0.29) is 6.61 Å². The number of hydrogen-bond acceptors (Lipinski definition) is 6. The number of rotatable bonds is 6. The first-order valence-electron chi connectivity index (χ1n) is 10.7. The molecule has 1 N–H and O–H groups in total. The molecule has 33 heavy (non-hydrogen) atoms. The number of nitrogens with one attached hydrogen (secondary N) is 1. The van der Waals surface area contributed by atoms with Crippen LogP contribution in [0.4, 0.5) is 5.95 Å². The number of aromatic nitrogens is 3. The molecule has 0 spiro atoms. The van der Waals surface area contributed by atoms with E-state index in [0.717, 1.165) is 16.9 Å². The van der Waals surface area contributed by atoms with Crippen molar-refractivity contribution in [1.82, 2.24) is 14.8 Å². The molecule has 0 bridgehead atoms. The summed E-state index contributed by atoms with van der Waals surface area (Å²) >= 11 is 0. The molecular formula is C26H22N4O3. The molecule has 0 saturated carbocycles. The van der Waals surface area contributed by atoms with Gasteiger partial charge in [-0.1, -0.05) is 60.7 Å². The highest BCUT2D eigenvalue weighted by atomic mass is 16.5. The molecule has 4 aromatic rings. The van der Waals surface area contributed by atoms with Gasteiger partial charge in [-0.05, 0) is 42.3 Å². The van der Waals surface area contributed by atoms with Crippen LogP contribution in [0.25, 0.3) is 5.70 Å². The van der Waals surface area contributed by atoms with E-state index < -0.39 is 12.0 Å². The number of anilines is 1. The van der Waals surface area contributed by atoms with E-state index in [1.807, 2.05) is 84.9 Å². The summed E-state index contributed by atoms with van der Waals surface area (Å²) in [6, 6.07) is 26.3. The van der Waals surface area contributed by atoms with Crippen molar-refractivity contribution in [3.63, 3.8) is 0 Å². The molecule has 7 nitrogen and oxygen atoms in total. The van der Waals surface area contributed by atoms with Gasteiger partial charge in [0.05, 0.1) is 17.9 Å². The second-order valence-corrected chi connectivity index (χ2v) is 7.42. The normalized spacial score (nSPS) is 14.9. The number of hydrogen-bond donors (Lipinski definition) is 1. The minimum absolute atomic E-state index is 0.262. The van der Waals surface area contributed by atoms with Crippen molar-refractivity contribution in [2.45, 2.75) is 13.0 Å². The Morgan fingerprint density at radius 2 is 1.70 bits per heavy atom. The van der Waals surface area contributed by atoms with Gasteiger partial charge < -0.3 is 14.8 Å². The van der Waals surface area contributed by atoms with Crippen LogP contribution in [0.1, 0.15) is 24.1 Å². The Kier molecular flexibility index (Phi) is 5.59. The van der Waals surface area contributed by atoms with Gasteiger partial charge in [-0.2, -0.15) is 10.1 Å². The molecule has 1 atom stereocenters. The van der Waals surface area contributed by atoms with Crippen LogP contribution >= 0.6 is 0 Å². The number of esters is 1. The Bertz CT molecular complexity index is 1300. The Balaban J connectivity index is 1.65. The molecule has 0 amide bonds. The van der Waals surface area contributed by atoms with Gasteiger partial charge in [-0.15, -0.1) is 0 Å². The minimum Gasteiger partial charge on any atom is -0.463 e. The minimum atomic E-state index is -0.544. The largest absolute Gasteiger partial charge is 0.463 e. The predicted molar refractivity (Wildman–Crippen MR) is 125 cm³/mol. The zero-order valence-corrected chi connectivity index (χ0v) is 18.0. The van der Waals surface area contributed by atoms with Crippen molar-refractivity contribution in [3.05, 3.63) is 108 Å². The van der Waals surface area contributed by atoms with Crippen molar-refractivity contribution in [2.75, 3.05) is 11.9 Å². The zero-order valence-electron chi connectivity index (χ0n) is 18.0. The third-order valence-electron chi connectivity index (χ3n) is 5.31. The molecule has 3 aromatic carbocycles. The van der Waals surface area contributed by atoms with E-state index in [9.17, 15) is 4.79 Å². The second kappa shape index (κ2) is 9.00. The first kappa shape index (κ1) is 20.5. The SMILES string of the molecule is CCOC(=O)C1=C(c2ccccc2)Nc2ncnn2C1c1cccc(Oc2ccccc2)c1. The van der Waals surface area contributed by atoms with Crippen LogP contribution in [0.5, 0.6) is 11.5 Å². The Hall–Kier alpha value is -4.39. The van der Waals surface area contributed by atoms with Gasteiger partial charge in [0.2, 0.25) is 5.95 Å². The van der Waals surface area contributed by atoms with E-state index in [0.29, 0.717) is 23.0 Å². The molecule has 1 aliphatic heterocycles. The maximum Gasteiger partial charge on any atom is 0.338 e. The highest BCUT2D eigenvalue weighted by Gasteiger charge is 2.36. The molecule has 7 heteroatoms. The van der Waals surface area contributed by atoms with Gasteiger partial charge in [-0.3, -0.25) is 0 Å². The van der Waals surface area contributed by atoms with Crippen LogP contribution in [-0.4, -0.2) is 27.3 Å². The lowest BCUT2D eigenvalue weighted by molar-refractivity contribution is -0.138. The number of para-hydroxylation sites is 1. The maximum absolute atomic E-state index is 13.3. The third-order valence-corrected chi connectivity index (χ3v) is 5.31. The molecule has 1 unspecified atom stereocenters. The van der Waals surface area contributed by atoms with Gasteiger partial charge in [0.15, 0.2) is 0 Å². The highest BCUT2D eigenvalue weighted by molar-refractivity contribution is 6.02. The average molecular weight is 438 g/mol. The van der Waals surface area contributed by atoms with Gasteiger partial charge >= 0.3 is 5.97 Å². The van der Waals surface area contributed by atoms with E-state index in [4.69, 9.17) is 9.47 Å². The third kappa shape index (κ3) is 4.08. The maximum atomic E-state index is 13.3. The van der Waals surface area contributed by atoms with Crippen molar-refractivity contribution >= 4 is 17.6 Å². The van der Waals surface area contributed by atoms with Crippen LogP contribution in [0, 0.1) is 0 Å². The van der Waals surface area contributed by atoms with Gasteiger partial charge in [-0.25, -0.2) is 9.48 Å². The number of ether oxygens (including phenoxy) is 2. The van der Waals surface area contributed by atoms with Crippen molar-refractivity contribution in [1.29, 1.82) is 0 Å². The average Bonchev–Trinajstić information content (AvgIpc) is 3.33. The smallest absolute Gasteiger partial charge is 0.338 e.